The minimum atomic E-state index is 0.129. The lowest BCUT2D eigenvalue weighted by Gasteiger charge is -2.32. The van der Waals surface area contributed by atoms with Gasteiger partial charge in [0.25, 0.3) is 5.91 Å². The van der Waals surface area contributed by atoms with Crippen LogP contribution in [-0.2, 0) is 4.74 Å². The van der Waals surface area contributed by atoms with Crippen LogP contribution in [0.25, 0.3) is 0 Å². The van der Waals surface area contributed by atoms with Gasteiger partial charge in [0.2, 0.25) is 0 Å². The van der Waals surface area contributed by atoms with Crippen molar-refractivity contribution in [3.05, 3.63) is 60.2 Å². The lowest BCUT2D eigenvalue weighted by Crippen LogP contribution is -2.45. The average Bonchev–Trinajstić information content (AvgIpc) is 3.24. The van der Waals surface area contributed by atoms with E-state index in [1.54, 1.807) is 0 Å². The van der Waals surface area contributed by atoms with Gasteiger partial charge in [-0.3, -0.25) is 9.69 Å². The van der Waals surface area contributed by atoms with Crippen molar-refractivity contribution in [2.45, 2.75) is 12.5 Å². The maximum Gasteiger partial charge on any atom is 0.256 e. The van der Waals surface area contributed by atoms with Crippen molar-refractivity contribution in [1.82, 2.24) is 9.80 Å². The molecular weight excluding hydrogens is 338 g/mol. The average molecular weight is 365 g/mol. The summed E-state index contributed by atoms with van der Waals surface area (Å²) >= 11 is 0. The molecule has 2 aromatic carbocycles. The molecule has 0 bridgehead atoms. The highest BCUT2D eigenvalue weighted by Gasteiger charge is 2.32. The third-order valence-electron chi connectivity index (χ3n) is 5.65. The van der Waals surface area contributed by atoms with Gasteiger partial charge in [0.15, 0.2) is 0 Å². The van der Waals surface area contributed by atoms with Gasteiger partial charge in [0, 0.05) is 45.0 Å². The molecular formula is C22H27N3O2. The maximum absolute atomic E-state index is 13.3. The van der Waals surface area contributed by atoms with E-state index in [1.165, 1.54) is 0 Å². The molecule has 2 saturated heterocycles. The molecule has 0 aliphatic carbocycles. The third kappa shape index (κ3) is 3.84. The van der Waals surface area contributed by atoms with Crippen molar-refractivity contribution in [1.29, 1.82) is 0 Å². The SMILES string of the molecule is CN(c1ccccc1)c1ccccc1C(=O)N1CCC(N2CCOCC2)C1. The highest BCUT2D eigenvalue weighted by Crippen LogP contribution is 2.29. The second kappa shape index (κ2) is 8.11. The number of morpholine rings is 1. The van der Waals surface area contributed by atoms with Crippen LogP contribution < -0.4 is 4.90 Å². The minimum absolute atomic E-state index is 0.129. The number of likely N-dealkylation sites (tertiary alicyclic amines) is 1. The Hall–Kier alpha value is -2.37. The molecule has 5 heteroatoms. The number of amides is 1. The zero-order valence-electron chi connectivity index (χ0n) is 15.9. The minimum Gasteiger partial charge on any atom is -0.379 e. The first-order chi connectivity index (χ1) is 13.2. The second-order valence-electron chi connectivity index (χ2n) is 7.25. The van der Waals surface area contributed by atoms with Crippen LogP contribution in [-0.4, -0.2) is 68.2 Å². The Morgan fingerprint density at radius 2 is 1.70 bits per heavy atom. The Morgan fingerprint density at radius 1 is 1.00 bits per heavy atom. The highest BCUT2D eigenvalue weighted by molar-refractivity contribution is 6.00. The number of carbonyl (C=O) groups is 1. The number of rotatable bonds is 4. The van der Waals surface area contributed by atoms with Crippen molar-refractivity contribution in [3.8, 4) is 0 Å². The number of carbonyl (C=O) groups excluding carboxylic acids is 1. The van der Waals surface area contributed by atoms with Crippen LogP contribution in [0.1, 0.15) is 16.8 Å². The summed E-state index contributed by atoms with van der Waals surface area (Å²) in [7, 11) is 2.02. The molecule has 0 aromatic heterocycles. The summed E-state index contributed by atoms with van der Waals surface area (Å²) in [5, 5.41) is 0. The molecule has 5 nitrogen and oxygen atoms in total. The van der Waals surface area contributed by atoms with Gasteiger partial charge in [0.05, 0.1) is 24.5 Å². The summed E-state index contributed by atoms with van der Waals surface area (Å²) in [5.41, 5.74) is 2.79. The van der Waals surface area contributed by atoms with Gasteiger partial charge in [-0.05, 0) is 30.7 Å². The molecule has 4 rings (SSSR count). The van der Waals surface area contributed by atoms with E-state index >= 15 is 0 Å². The molecule has 0 spiro atoms. The van der Waals surface area contributed by atoms with Crippen molar-refractivity contribution >= 4 is 17.3 Å². The van der Waals surface area contributed by atoms with Crippen LogP contribution in [0.4, 0.5) is 11.4 Å². The van der Waals surface area contributed by atoms with Gasteiger partial charge in [0.1, 0.15) is 0 Å². The molecule has 142 valence electrons. The van der Waals surface area contributed by atoms with Crippen LogP contribution >= 0.6 is 0 Å². The fraction of sp³-hybridized carbons (Fsp3) is 0.409. The molecule has 1 atom stereocenters. The molecule has 2 aliphatic rings. The lowest BCUT2D eigenvalue weighted by atomic mass is 10.1. The van der Waals surface area contributed by atoms with Crippen molar-refractivity contribution < 1.29 is 9.53 Å². The first-order valence-electron chi connectivity index (χ1n) is 9.73. The summed E-state index contributed by atoms with van der Waals surface area (Å²) in [4.78, 5) is 19.9. The summed E-state index contributed by atoms with van der Waals surface area (Å²) in [5.74, 6) is 0.129. The van der Waals surface area contributed by atoms with E-state index in [0.717, 1.165) is 62.8 Å². The fourth-order valence-corrected chi connectivity index (χ4v) is 4.07. The summed E-state index contributed by atoms with van der Waals surface area (Å²) in [6.07, 6.45) is 1.04. The molecule has 1 unspecified atom stereocenters. The number of anilines is 2. The van der Waals surface area contributed by atoms with Gasteiger partial charge >= 0.3 is 0 Å². The van der Waals surface area contributed by atoms with E-state index in [2.05, 4.69) is 21.9 Å². The molecule has 0 saturated carbocycles. The van der Waals surface area contributed by atoms with Crippen LogP contribution in [0.5, 0.6) is 0 Å². The van der Waals surface area contributed by atoms with Gasteiger partial charge in [-0.1, -0.05) is 30.3 Å². The molecule has 0 radical (unpaired) electrons. The van der Waals surface area contributed by atoms with E-state index in [4.69, 9.17) is 4.74 Å². The quantitative estimate of drug-likeness (QED) is 0.835. The zero-order chi connectivity index (χ0) is 18.6. The van der Waals surface area contributed by atoms with Gasteiger partial charge in [-0.2, -0.15) is 0 Å². The largest absolute Gasteiger partial charge is 0.379 e. The van der Waals surface area contributed by atoms with Crippen LogP contribution in [0, 0.1) is 0 Å². The molecule has 1 amide bonds. The molecule has 2 heterocycles. The van der Waals surface area contributed by atoms with Crippen LogP contribution in [0.15, 0.2) is 54.6 Å². The topological polar surface area (TPSA) is 36.0 Å². The summed E-state index contributed by atoms with van der Waals surface area (Å²) < 4.78 is 5.46. The summed E-state index contributed by atoms with van der Waals surface area (Å²) in [6, 6.07) is 18.5. The molecule has 2 fully saturated rings. The smallest absolute Gasteiger partial charge is 0.256 e. The highest BCUT2D eigenvalue weighted by atomic mass is 16.5. The Kier molecular flexibility index (Phi) is 5.41. The number of ether oxygens (including phenoxy) is 1. The number of nitrogens with zero attached hydrogens (tertiary/aromatic N) is 3. The lowest BCUT2D eigenvalue weighted by molar-refractivity contribution is 0.0185. The molecule has 0 N–H and O–H groups in total. The normalized spacial score (nSPS) is 20.6. The second-order valence-corrected chi connectivity index (χ2v) is 7.25. The Balaban J connectivity index is 1.51. The van der Waals surface area contributed by atoms with Crippen molar-refractivity contribution in [2.24, 2.45) is 0 Å². The molecule has 2 aliphatic heterocycles. The third-order valence-corrected chi connectivity index (χ3v) is 5.65. The van der Waals surface area contributed by atoms with Crippen molar-refractivity contribution in [2.75, 3.05) is 51.3 Å². The first-order valence-corrected chi connectivity index (χ1v) is 9.73. The number of benzene rings is 2. The first kappa shape index (κ1) is 18.0. The molecule has 2 aromatic rings. The standard InChI is InChI=1S/C22H27N3O2/c1-23(18-7-3-2-4-8-18)21-10-6-5-9-20(21)22(26)25-12-11-19(17-25)24-13-15-27-16-14-24/h2-10,19H,11-17H2,1H3. The van der Waals surface area contributed by atoms with Gasteiger partial charge in [-0.25, -0.2) is 0 Å². The predicted octanol–water partition coefficient (Wildman–Crippen LogP) is 3.00. The van der Waals surface area contributed by atoms with E-state index in [-0.39, 0.29) is 5.91 Å². The van der Waals surface area contributed by atoms with E-state index in [0.29, 0.717) is 6.04 Å². The Bertz CT molecular complexity index is 774. The number of hydrogen-bond donors (Lipinski definition) is 0. The van der Waals surface area contributed by atoms with E-state index in [9.17, 15) is 4.79 Å². The monoisotopic (exact) mass is 365 g/mol. The Morgan fingerprint density at radius 3 is 2.48 bits per heavy atom. The maximum atomic E-state index is 13.3. The molecule has 27 heavy (non-hydrogen) atoms. The Labute approximate surface area is 161 Å². The predicted molar refractivity (Wildman–Crippen MR) is 108 cm³/mol. The van der Waals surface area contributed by atoms with Gasteiger partial charge < -0.3 is 14.5 Å². The number of para-hydroxylation sites is 2. The van der Waals surface area contributed by atoms with Crippen molar-refractivity contribution in [3.63, 3.8) is 0 Å². The van der Waals surface area contributed by atoms with Crippen LogP contribution in [0.3, 0.4) is 0 Å². The van der Waals surface area contributed by atoms with E-state index < -0.39 is 0 Å². The number of hydrogen-bond acceptors (Lipinski definition) is 4. The fourth-order valence-electron chi connectivity index (χ4n) is 4.07. The van der Waals surface area contributed by atoms with Crippen LogP contribution in [0.2, 0.25) is 0 Å². The van der Waals surface area contributed by atoms with E-state index in [1.807, 2.05) is 54.4 Å². The van der Waals surface area contributed by atoms with Gasteiger partial charge in [-0.15, -0.1) is 0 Å². The zero-order valence-corrected chi connectivity index (χ0v) is 15.9. The summed E-state index contributed by atoms with van der Waals surface area (Å²) in [6.45, 7) is 5.18.